The highest BCUT2D eigenvalue weighted by molar-refractivity contribution is 6.06. The number of esters is 1. The Hall–Kier alpha value is -4.06. The Morgan fingerprint density at radius 1 is 0.971 bits per heavy atom. The van der Waals surface area contributed by atoms with E-state index in [-0.39, 0.29) is 5.43 Å². The van der Waals surface area contributed by atoms with Gasteiger partial charge in [-0.1, -0.05) is 48.5 Å². The molecule has 6 heteroatoms. The normalized spacial score (nSPS) is 11.3. The van der Waals surface area contributed by atoms with Crippen LogP contribution in [0.15, 0.2) is 63.8 Å². The third-order valence-corrected chi connectivity index (χ3v) is 5.95. The fourth-order valence-electron chi connectivity index (χ4n) is 4.21. The first kappa shape index (κ1) is 23.1. The van der Waals surface area contributed by atoms with E-state index in [4.69, 9.17) is 13.9 Å². The molecule has 0 atom stereocenters. The third-order valence-electron chi connectivity index (χ3n) is 5.95. The van der Waals surface area contributed by atoms with E-state index < -0.39 is 5.97 Å². The first-order valence-electron chi connectivity index (χ1n) is 11.2. The number of benzene rings is 3. The quantitative estimate of drug-likeness (QED) is 0.260. The number of hydrogen-bond acceptors (Lipinski definition) is 6. The second kappa shape index (κ2) is 9.83. The van der Waals surface area contributed by atoms with Crippen LogP contribution in [0, 0.1) is 0 Å². The van der Waals surface area contributed by atoms with Crippen molar-refractivity contribution in [1.29, 1.82) is 0 Å². The topological polar surface area (TPSA) is 69.0 Å². The first-order valence-corrected chi connectivity index (χ1v) is 11.2. The number of nitrogens with zero attached hydrogens (tertiary/aromatic N) is 1. The van der Waals surface area contributed by atoms with Gasteiger partial charge in [-0.2, -0.15) is 0 Å². The van der Waals surface area contributed by atoms with Gasteiger partial charge in [0.15, 0.2) is 0 Å². The summed E-state index contributed by atoms with van der Waals surface area (Å²) in [4.78, 5) is 28.3. The van der Waals surface area contributed by atoms with Crippen LogP contribution in [-0.2, 0) is 4.74 Å². The van der Waals surface area contributed by atoms with Crippen LogP contribution in [0.3, 0.4) is 0 Å². The van der Waals surface area contributed by atoms with Crippen molar-refractivity contribution < 1.29 is 18.7 Å². The molecule has 0 fully saturated rings. The molecule has 4 aromatic rings. The van der Waals surface area contributed by atoms with Crippen molar-refractivity contribution in [1.82, 2.24) is 0 Å². The minimum Gasteiger partial charge on any atom is -0.496 e. The highest BCUT2D eigenvalue weighted by Gasteiger charge is 2.20. The van der Waals surface area contributed by atoms with Gasteiger partial charge in [-0.15, -0.1) is 0 Å². The van der Waals surface area contributed by atoms with Gasteiger partial charge in [0, 0.05) is 13.1 Å². The van der Waals surface area contributed by atoms with E-state index in [1.807, 2.05) is 55.1 Å². The monoisotopic (exact) mass is 457 g/mol. The van der Waals surface area contributed by atoms with E-state index in [0.29, 0.717) is 52.4 Å². The molecule has 0 saturated carbocycles. The Bertz CT molecular complexity index is 1450. The van der Waals surface area contributed by atoms with Crippen molar-refractivity contribution in [3.8, 4) is 5.75 Å². The van der Waals surface area contributed by atoms with Gasteiger partial charge in [-0.3, -0.25) is 4.79 Å². The van der Waals surface area contributed by atoms with E-state index in [1.54, 1.807) is 30.4 Å². The fourth-order valence-corrected chi connectivity index (χ4v) is 4.21. The maximum absolute atomic E-state index is 13.9. The summed E-state index contributed by atoms with van der Waals surface area (Å²) in [6, 6.07) is 16.8. The van der Waals surface area contributed by atoms with Crippen molar-refractivity contribution in [2.75, 3.05) is 32.2 Å². The molecule has 0 unspecified atom stereocenters. The Labute approximate surface area is 198 Å². The van der Waals surface area contributed by atoms with E-state index >= 15 is 0 Å². The summed E-state index contributed by atoms with van der Waals surface area (Å²) in [5.41, 5.74) is 1.71. The van der Waals surface area contributed by atoms with Crippen molar-refractivity contribution in [3.05, 3.63) is 81.5 Å². The van der Waals surface area contributed by atoms with Crippen molar-refractivity contribution >= 4 is 45.7 Å². The van der Waals surface area contributed by atoms with E-state index in [2.05, 4.69) is 0 Å². The smallest absolute Gasteiger partial charge is 0.342 e. The minimum atomic E-state index is -0.516. The van der Waals surface area contributed by atoms with Crippen LogP contribution < -0.4 is 15.1 Å². The Morgan fingerprint density at radius 3 is 2.44 bits per heavy atom. The van der Waals surface area contributed by atoms with Crippen LogP contribution in [-0.4, -0.2) is 33.3 Å². The van der Waals surface area contributed by atoms with Gasteiger partial charge in [0.25, 0.3) is 0 Å². The molecule has 0 radical (unpaired) electrons. The minimum absolute atomic E-state index is 0.126. The zero-order valence-corrected chi connectivity index (χ0v) is 19.8. The number of carbonyl (C=O) groups is 1. The molecule has 0 saturated heterocycles. The maximum atomic E-state index is 13.9. The number of fused-ring (bicyclic) bond motifs is 3. The van der Waals surface area contributed by atoms with E-state index in [9.17, 15) is 9.59 Å². The van der Waals surface area contributed by atoms with Gasteiger partial charge >= 0.3 is 5.97 Å². The zero-order valence-electron chi connectivity index (χ0n) is 19.8. The van der Waals surface area contributed by atoms with Crippen molar-refractivity contribution in [2.24, 2.45) is 0 Å². The molecule has 174 valence electrons. The second-order valence-electron chi connectivity index (χ2n) is 7.73. The van der Waals surface area contributed by atoms with E-state index in [1.165, 1.54) is 14.2 Å². The Morgan fingerprint density at radius 2 is 1.74 bits per heavy atom. The Balaban J connectivity index is 2.00. The number of carbonyl (C=O) groups excluding carboxylic acids is 1. The number of methoxy groups -OCH3 is 2. The van der Waals surface area contributed by atoms with Crippen molar-refractivity contribution in [2.45, 2.75) is 13.8 Å². The summed E-state index contributed by atoms with van der Waals surface area (Å²) >= 11 is 0. The summed E-state index contributed by atoms with van der Waals surface area (Å²) < 4.78 is 16.6. The molecule has 0 aliphatic carbocycles. The number of anilines is 1. The molecule has 6 nitrogen and oxygen atoms in total. The van der Waals surface area contributed by atoms with Gasteiger partial charge in [0.2, 0.25) is 11.3 Å². The highest BCUT2D eigenvalue weighted by Crippen LogP contribution is 2.31. The molecular weight excluding hydrogens is 430 g/mol. The van der Waals surface area contributed by atoms with Gasteiger partial charge in [0.1, 0.15) is 16.9 Å². The summed E-state index contributed by atoms with van der Waals surface area (Å²) in [7, 11) is 2.82. The van der Waals surface area contributed by atoms with Crippen LogP contribution in [0.2, 0.25) is 0 Å². The molecule has 1 heterocycles. The first-order chi connectivity index (χ1) is 16.5. The lowest BCUT2D eigenvalue weighted by Crippen LogP contribution is -2.25. The number of ether oxygens (including phenoxy) is 2. The molecule has 0 spiro atoms. The molecule has 0 amide bonds. The summed E-state index contributed by atoms with van der Waals surface area (Å²) in [6.45, 7) is 5.37. The maximum Gasteiger partial charge on any atom is 0.342 e. The fraction of sp³-hybridized carbons (Fsp3) is 0.214. The molecule has 0 N–H and O–H groups in total. The standard InChI is InChI=1S/C28H27NO5/c1-5-29(6-2)27-21(16-14-19-11-9-13-22(32-3)24(19)28(31)33-4)26(30)25-20-12-8-7-10-18(20)15-17-23(25)34-27/h7-17H,5-6H2,1-4H3. The zero-order chi connectivity index (χ0) is 24.2. The molecule has 4 rings (SSSR count). The summed E-state index contributed by atoms with van der Waals surface area (Å²) in [6.07, 6.45) is 3.44. The number of rotatable bonds is 7. The number of hydrogen-bond donors (Lipinski definition) is 0. The molecule has 0 bridgehead atoms. The third kappa shape index (κ3) is 4.03. The predicted molar refractivity (Wildman–Crippen MR) is 137 cm³/mol. The SMILES string of the molecule is CCN(CC)c1oc2ccc3ccccc3c2c(=O)c1C=Cc1cccc(OC)c1C(=O)OC. The average Bonchev–Trinajstić information content (AvgIpc) is 2.88. The Kier molecular flexibility index (Phi) is 6.68. The van der Waals surface area contributed by atoms with Gasteiger partial charge in [-0.25, -0.2) is 4.79 Å². The lowest BCUT2D eigenvalue weighted by Gasteiger charge is -2.21. The molecule has 3 aromatic carbocycles. The van der Waals surface area contributed by atoms with Gasteiger partial charge in [-0.05, 0) is 48.4 Å². The molecule has 0 aliphatic heterocycles. The summed E-state index contributed by atoms with van der Waals surface area (Å²) in [5, 5.41) is 2.34. The van der Waals surface area contributed by atoms with Gasteiger partial charge < -0.3 is 18.8 Å². The largest absolute Gasteiger partial charge is 0.496 e. The second-order valence-corrected chi connectivity index (χ2v) is 7.73. The summed E-state index contributed by atoms with van der Waals surface area (Å²) in [5.74, 6) is 0.378. The molecule has 0 aliphatic rings. The van der Waals surface area contributed by atoms with Crippen LogP contribution in [0.25, 0.3) is 33.9 Å². The van der Waals surface area contributed by atoms with Gasteiger partial charge in [0.05, 0.1) is 25.2 Å². The van der Waals surface area contributed by atoms with Crippen LogP contribution in [0.1, 0.15) is 35.3 Å². The molecule has 34 heavy (non-hydrogen) atoms. The van der Waals surface area contributed by atoms with Crippen LogP contribution in [0.5, 0.6) is 5.75 Å². The average molecular weight is 458 g/mol. The van der Waals surface area contributed by atoms with Crippen LogP contribution in [0.4, 0.5) is 5.88 Å². The lowest BCUT2D eigenvalue weighted by molar-refractivity contribution is 0.0597. The highest BCUT2D eigenvalue weighted by atomic mass is 16.5. The van der Waals surface area contributed by atoms with Crippen LogP contribution >= 0.6 is 0 Å². The predicted octanol–water partition coefficient (Wildman–Crippen LogP) is 5.76. The molecular formula is C28H27NO5. The van der Waals surface area contributed by atoms with Crippen molar-refractivity contribution in [3.63, 3.8) is 0 Å². The van der Waals surface area contributed by atoms with E-state index in [0.717, 1.165) is 10.8 Å². The lowest BCUT2D eigenvalue weighted by atomic mass is 10.0. The molecule has 1 aromatic heterocycles.